The zero-order valence-corrected chi connectivity index (χ0v) is 11.0. The highest BCUT2D eigenvalue weighted by molar-refractivity contribution is 5.42. The fraction of sp³-hybridized carbons (Fsp3) is 0.667. The Morgan fingerprint density at radius 3 is 3.00 bits per heavy atom. The van der Waals surface area contributed by atoms with Crippen molar-refractivity contribution in [2.45, 2.75) is 38.2 Å². The third-order valence-electron chi connectivity index (χ3n) is 3.87. The smallest absolute Gasteiger partial charge is 0.200 e. The molecule has 19 heavy (non-hydrogen) atoms. The summed E-state index contributed by atoms with van der Waals surface area (Å²) >= 11 is 0. The monoisotopic (exact) mass is 262 g/mol. The largest absolute Gasteiger partial charge is 0.388 e. The average Bonchev–Trinajstić information content (AvgIpc) is 2.88. The number of nitrogens with zero attached hydrogens (tertiary/aromatic N) is 5. The molecule has 0 aromatic carbocycles. The zero-order chi connectivity index (χ0) is 13.3. The summed E-state index contributed by atoms with van der Waals surface area (Å²) in [5.41, 5.74) is -0.0141. The molecule has 102 valence electrons. The van der Waals surface area contributed by atoms with Crippen LogP contribution in [0.15, 0.2) is 12.1 Å². The van der Waals surface area contributed by atoms with Crippen LogP contribution in [0.25, 0.3) is 5.65 Å². The topological polar surface area (TPSA) is 88.2 Å². The number of fused-ring (bicyclic) bond motifs is 1. The molecule has 7 heteroatoms. The molecule has 1 fully saturated rings. The van der Waals surface area contributed by atoms with E-state index in [1.807, 2.05) is 6.07 Å². The maximum atomic E-state index is 10.5. The van der Waals surface area contributed by atoms with Crippen molar-refractivity contribution in [1.82, 2.24) is 25.3 Å². The number of hydrogen-bond donors (Lipinski definition) is 2. The number of tetrazole rings is 1. The summed E-state index contributed by atoms with van der Waals surface area (Å²) in [5, 5.41) is 29.0. The van der Waals surface area contributed by atoms with E-state index in [1.165, 1.54) is 4.63 Å². The summed E-state index contributed by atoms with van der Waals surface area (Å²) in [7, 11) is 0. The minimum atomic E-state index is -0.621. The van der Waals surface area contributed by atoms with Crippen molar-refractivity contribution in [1.29, 1.82) is 0 Å². The molecule has 0 radical (unpaired) electrons. The maximum absolute atomic E-state index is 10.5. The predicted molar refractivity (Wildman–Crippen MR) is 69.6 cm³/mol. The minimum Gasteiger partial charge on any atom is -0.388 e. The maximum Gasteiger partial charge on any atom is 0.200 e. The first-order valence-electron chi connectivity index (χ1n) is 6.66. The van der Waals surface area contributed by atoms with Crippen molar-refractivity contribution in [3.63, 3.8) is 0 Å². The van der Waals surface area contributed by atoms with Crippen LogP contribution in [0.1, 0.15) is 32.6 Å². The Kier molecular flexibility index (Phi) is 3.06. The first kappa shape index (κ1) is 12.3. The van der Waals surface area contributed by atoms with Crippen molar-refractivity contribution in [3.05, 3.63) is 12.1 Å². The van der Waals surface area contributed by atoms with Gasteiger partial charge in [0.15, 0.2) is 5.65 Å². The number of aromatic nitrogens is 5. The fourth-order valence-corrected chi connectivity index (χ4v) is 2.48. The second kappa shape index (κ2) is 4.73. The second-order valence-corrected chi connectivity index (χ2v) is 5.51. The van der Waals surface area contributed by atoms with Crippen LogP contribution < -0.4 is 5.32 Å². The van der Waals surface area contributed by atoms with Gasteiger partial charge in [-0.05, 0) is 54.2 Å². The standard InChI is InChI=1S/C12H18N6O/c1-9-4-6-12(19,7-5-9)8-13-10-2-3-11-14-16-17-18(11)15-10/h2-3,9,19H,4-8H2,1H3,(H,13,15). The molecule has 0 atom stereocenters. The summed E-state index contributed by atoms with van der Waals surface area (Å²) < 4.78 is 1.37. The Bertz CT molecular complexity index is 560. The van der Waals surface area contributed by atoms with Gasteiger partial charge in [0.05, 0.1) is 5.60 Å². The Morgan fingerprint density at radius 2 is 2.21 bits per heavy atom. The van der Waals surface area contributed by atoms with Crippen molar-refractivity contribution in [2.75, 3.05) is 11.9 Å². The van der Waals surface area contributed by atoms with Gasteiger partial charge in [0, 0.05) is 6.54 Å². The molecule has 0 aliphatic heterocycles. The molecule has 2 aromatic rings. The fourth-order valence-electron chi connectivity index (χ4n) is 2.48. The first-order valence-corrected chi connectivity index (χ1v) is 6.66. The lowest BCUT2D eigenvalue weighted by Gasteiger charge is -2.35. The highest BCUT2D eigenvalue weighted by atomic mass is 16.3. The van der Waals surface area contributed by atoms with Gasteiger partial charge in [-0.2, -0.15) is 0 Å². The van der Waals surface area contributed by atoms with E-state index in [4.69, 9.17) is 0 Å². The third kappa shape index (κ3) is 2.65. The molecular formula is C12H18N6O. The highest BCUT2D eigenvalue weighted by Crippen LogP contribution is 2.31. The van der Waals surface area contributed by atoms with E-state index < -0.39 is 5.60 Å². The molecule has 0 amide bonds. The van der Waals surface area contributed by atoms with E-state index in [0.717, 1.165) is 31.6 Å². The minimum absolute atomic E-state index is 0.514. The lowest BCUT2D eigenvalue weighted by Crippen LogP contribution is -2.40. The second-order valence-electron chi connectivity index (χ2n) is 5.51. The van der Waals surface area contributed by atoms with E-state index in [-0.39, 0.29) is 0 Å². The van der Waals surface area contributed by atoms with Crippen LogP contribution in [-0.4, -0.2) is 42.5 Å². The van der Waals surface area contributed by atoms with Crippen molar-refractivity contribution >= 4 is 11.5 Å². The van der Waals surface area contributed by atoms with Gasteiger partial charge in [-0.1, -0.05) is 6.92 Å². The molecule has 1 aliphatic rings. The van der Waals surface area contributed by atoms with E-state index >= 15 is 0 Å². The van der Waals surface area contributed by atoms with Gasteiger partial charge in [-0.25, -0.2) is 0 Å². The summed E-state index contributed by atoms with van der Waals surface area (Å²) in [5.74, 6) is 1.39. The van der Waals surface area contributed by atoms with Gasteiger partial charge < -0.3 is 10.4 Å². The molecule has 7 nitrogen and oxygen atoms in total. The van der Waals surface area contributed by atoms with Crippen LogP contribution in [0.3, 0.4) is 0 Å². The molecule has 1 saturated carbocycles. The average molecular weight is 262 g/mol. The van der Waals surface area contributed by atoms with E-state index in [1.54, 1.807) is 6.07 Å². The Hall–Kier alpha value is -1.76. The summed E-state index contributed by atoms with van der Waals surface area (Å²) in [6.07, 6.45) is 3.85. The van der Waals surface area contributed by atoms with Crippen molar-refractivity contribution < 1.29 is 5.11 Å². The third-order valence-corrected chi connectivity index (χ3v) is 3.87. The predicted octanol–water partition coefficient (Wildman–Crippen LogP) is 0.872. The molecule has 2 heterocycles. The molecule has 0 spiro atoms. The lowest BCUT2D eigenvalue weighted by atomic mass is 9.79. The molecule has 1 aliphatic carbocycles. The van der Waals surface area contributed by atoms with Crippen molar-refractivity contribution in [2.24, 2.45) is 5.92 Å². The van der Waals surface area contributed by atoms with Gasteiger partial charge in [-0.15, -0.1) is 14.8 Å². The quantitative estimate of drug-likeness (QED) is 0.853. The molecule has 3 rings (SSSR count). The van der Waals surface area contributed by atoms with E-state index in [2.05, 4.69) is 32.9 Å². The van der Waals surface area contributed by atoms with Crippen molar-refractivity contribution in [3.8, 4) is 0 Å². The first-order chi connectivity index (χ1) is 9.15. The van der Waals surface area contributed by atoms with Gasteiger partial charge in [0.1, 0.15) is 5.82 Å². The molecular weight excluding hydrogens is 244 g/mol. The number of nitrogens with one attached hydrogen (secondary N) is 1. The summed E-state index contributed by atoms with van der Waals surface area (Å²) in [6.45, 7) is 2.75. The summed E-state index contributed by atoms with van der Waals surface area (Å²) in [6, 6.07) is 3.61. The van der Waals surface area contributed by atoms with Gasteiger partial charge in [0.2, 0.25) is 0 Å². The number of aliphatic hydroxyl groups is 1. The number of anilines is 1. The summed E-state index contributed by atoms with van der Waals surface area (Å²) in [4.78, 5) is 0. The Balaban J connectivity index is 1.65. The van der Waals surface area contributed by atoms with Crippen LogP contribution in [-0.2, 0) is 0 Å². The molecule has 0 bridgehead atoms. The SMILES string of the molecule is CC1CCC(O)(CNc2ccc3nnnn3n2)CC1. The van der Waals surface area contributed by atoms with Gasteiger partial charge in [-0.3, -0.25) is 0 Å². The normalized spacial score (nSPS) is 27.6. The van der Waals surface area contributed by atoms with Gasteiger partial charge in [0.25, 0.3) is 0 Å². The van der Waals surface area contributed by atoms with E-state index in [9.17, 15) is 5.11 Å². The lowest BCUT2D eigenvalue weighted by molar-refractivity contribution is 0.00493. The zero-order valence-electron chi connectivity index (χ0n) is 11.0. The van der Waals surface area contributed by atoms with Crippen LogP contribution >= 0.6 is 0 Å². The van der Waals surface area contributed by atoms with E-state index in [0.29, 0.717) is 18.0 Å². The number of hydrogen-bond acceptors (Lipinski definition) is 6. The highest BCUT2D eigenvalue weighted by Gasteiger charge is 2.31. The van der Waals surface area contributed by atoms with Crippen LogP contribution in [0, 0.1) is 5.92 Å². The number of rotatable bonds is 3. The van der Waals surface area contributed by atoms with Gasteiger partial charge >= 0.3 is 0 Å². The molecule has 0 unspecified atom stereocenters. The molecule has 2 aromatic heterocycles. The molecule has 0 saturated heterocycles. The van der Waals surface area contributed by atoms with Crippen LogP contribution in [0.5, 0.6) is 0 Å². The Morgan fingerprint density at radius 1 is 1.42 bits per heavy atom. The van der Waals surface area contributed by atoms with Crippen LogP contribution in [0.2, 0.25) is 0 Å². The van der Waals surface area contributed by atoms with Crippen LogP contribution in [0.4, 0.5) is 5.82 Å². The molecule has 2 N–H and O–H groups in total. The Labute approximate surface area is 111 Å².